The van der Waals surface area contributed by atoms with Gasteiger partial charge in [0.2, 0.25) is 0 Å². The Labute approximate surface area is 262 Å². The Morgan fingerprint density at radius 2 is 1.84 bits per heavy atom. The molecule has 3 aromatic heterocycles. The number of rotatable bonds is 11. The van der Waals surface area contributed by atoms with E-state index in [1.165, 1.54) is 30.7 Å². The van der Waals surface area contributed by atoms with Crippen molar-refractivity contribution in [3.63, 3.8) is 0 Å². The standard InChI is InChI=1S/C34H32F3N3O4S/c1-5-23(25-14-16-38-29(24(25)6-2)28-26(34(35,36)37)15-17-40(4)32(28)42)27(20(3)19-22-13-10-18-45-22)30(33(43)44)39-31(41)21-11-8-7-9-12-21/h5-18,20,27,30H,2,19H2,1,3-4H3,(H,39,41)(H,43,44)/b23-5+/t20-,27?,30+/m1/s1. The highest BCUT2D eigenvalue weighted by molar-refractivity contribution is 7.09. The Kier molecular flexibility index (Phi) is 10.2. The quantitative estimate of drug-likeness (QED) is 0.186. The van der Waals surface area contributed by atoms with Crippen LogP contribution in [0.5, 0.6) is 0 Å². The number of aliphatic carboxylic acids is 1. The number of nitrogens with one attached hydrogen (secondary N) is 1. The van der Waals surface area contributed by atoms with Crippen molar-refractivity contribution in [1.82, 2.24) is 14.9 Å². The minimum atomic E-state index is -4.85. The van der Waals surface area contributed by atoms with E-state index >= 15 is 0 Å². The topological polar surface area (TPSA) is 101 Å². The van der Waals surface area contributed by atoms with Crippen LogP contribution in [0.4, 0.5) is 13.2 Å². The van der Waals surface area contributed by atoms with Crippen LogP contribution in [-0.4, -0.2) is 32.6 Å². The normalized spacial score (nSPS) is 14.0. The zero-order valence-electron chi connectivity index (χ0n) is 24.8. The summed E-state index contributed by atoms with van der Waals surface area (Å²) in [4.78, 5) is 44.5. The van der Waals surface area contributed by atoms with Crippen molar-refractivity contribution in [2.75, 3.05) is 0 Å². The molecule has 0 saturated heterocycles. The third-order valence-corrected chi connectivity index (χ3v) is 8.55. The van der Waals surface area contributed by atoms with Gasteiger partial charge in [0.15, 0.2) is 0 Å². The fourth-order valence-corrected chi connectivity index (χ4v) is 6.41. The van der Waals surface area contributed by atoms with E-state index in [0.717, 1.165) is 21.7 Å². The Hall–Kier alpha value is -4.77. The molecule has 0 aliphatic heterocycles. The molecular formula is C34H32F3N3O4S. The summed E-state index contributed by atoms with van der Waals surface area (Å²) in [5.74, 6) is -3.12. The summed E-state index contributed by atoms with van der Waals surface area (Å²) >= 11 is 1.50. The van der Waals surface area contributed by atoms with Crippen molar-refractivity contribution < 1.29 is 27.9 Å². The molecule has 45 heavy (non-hydrogen) atoms. The first kappa shape index (κ1) is 33.1. The molecular weight excluding hydrogens is 603 g/mol. The summed E-state index contributed by atoms with van der Waals surface area (Å²) in [5, 5.41) is 15.1. The van der Waals surface area contributed by atoms with Crippen LogP contribution < -0.4 is 10.9 Å². The van der Waals surface area contributed by atoms with Gasteiger partial charge in [-0.2, -0.15) is 13.2 Å². The lowest BCUT2D eigenvalue weighted by molar-refractivity contribution is -0.140. The van der Waals surface area contributed by atoms with Crippen LogP contribution in [0, 0.1) is 11.8 Å². The number of carboxylic acid groups (broad SMARTS) is 1. The number of hydrogen-bond acceptors (Lipinski definition) is 5. The lowest BCUT2D eigenvalue weighted by Crippen LogP contribution is -2.48. The highest BCUT2D eigenvalue weighted by Gasteiger charge is 2.39. The zero-order chi connectivity index (χ0) is 32.9. The molecule has 234 valence electrons. The SMILES string of the molecule is C=Cc1c(/C(=C\C)C([C@H](C)Cc2cccs2)[C@H](NC(=O)c2ccccc2)C(=O)O)ccnc1-c1c(C(F)(F)F)ccn(C)c1=O. The third-order valence-electron chi connectivity index (χ3n) is 7.65. The molecule has 2 N–H and O–H groups in total. The van der Waals surface area contributed by atoms with Gasteiger partial charge in [-0.3, -0.25) is 14.6 Å². The number of carbonyl (C=O) groups excluding carboxylic acids is 1. The number of pyridine rings is 2. The van der Waals surface area contributed by atoms with Crippen LogP contribution in [0.1, 0.15) is 45.8 Å². The fourth-order valence-electron chi connectivity index (χ4n) is 5.56. The maximum atomic E-state index is 14.2. The third kappa shape index (κ3) is 7.15. The summed E-state index contributed by atoms with van der Waals surface area (Å²) in [5.41, 5.74) is -1.74. The van der Waals surface area contributed by atoms with Crippen LogP contribution in [0.2, 0.25) is 0 Å². The summed E-state index contributed by atoms with van der Waals surface area (Å²) < 4.78 is 43.5. The molecule has 0 aliphatic rings. The number of thiophene rings is 1. The number of carbonyl (C=O) groups is 2. The van der Waals surface area contributed by atoms with Crippen LogP contribution in [0.3, 0.4) is 0 Å². The van der Waals surface area contributed by atoms with Crippen LogP contribution >= 0.6 is 11.3 Å². The molecule has 4 rings (SSSR count). The Bertz CT molecular complexity index is 1780. The predicted molar refractivity (Wildman–Crippen MR) is 170 cm³/mol. The molecule has 1 amide bonds. The number of carboxylic acids is 1. The van der Waals surface area contributed by atoms with E-state index in [-0.39, 0.29) is 22.7 Å². The fraction of sp³-hybridized carbons (Fsp3) is 0.235. The minimum absolute atomic E-state index is 0.131. The van der Waals surface area contributed by atoms with Crippen LogP contribution in [0.25, 0.3) is 22.9 Å². The average Bonchev–Trinajstić information content (AvgIpc) is 3.52. The number of benzene rings is 1. The number of halogens is 3. The van der Waals surface area contributed by atoms with E-state index < -0.39 is 46.7 Å². The van der Waals surface area contributed by atoms with Crippen LogP contribution in [-0.2, 0) is 24.4 Å². The van der Waals surface area contributed by atoms with Gasteiger partial charge in [0.05, 0.1) is 16.8 Å². The van der Waals surface area contributed by atoms with E-state index in [2.05, 4.69) is 16.9 Å². The molecule has 1 unspecified atom stereocenters. The number of aromatic nitrogens is 2. The second-order valence-electron chi connectivity index (χ2n) is 10.5. The molecule has 3 atom stereocenters. The summed E-state index contributed by atoms with van der Waals surface area (Å²) in [7, 11) is 1.34. The number of aryl methyl sites for hydroxylation is 1. The first-order valence-electron chi connectivity index (χ1n) is 14.0. The van der Waals surface area contributed by atoms with Crippen molar-refractivity contribution in [2.24, 2.45) is 18.9 Å². The lowest BCUT2D eigenvalue weighted by Gasteiger charge is -2.33. The Morgan fingerprint density at radius 1 is 1.13 bits per heavy atom. The van der Waals surface area contributed by atoms with Crippen molar-refractivity contribution in [1.29, 1.82) is 0 Å². The minimum Gasteiger partial charge on any atom is -0.480 e. The van der Waals surface area contributed by atoms with Gasteiger partial charge < -0.3 is 15.0 Å². The van der Waals surface area contributed by atoms with Gasteiger partial charge in [0.1, 0.15) is 6.04 Å². The molecule has 0 spiro atoms. The lowest BCUT2D eigenvalue weighted by atomic mass is 9.75. The maximum absolute atomic E-state index is 14.2. The molecule has 7 nitrogen and oxygen atoms in total. The van der Waals surface area contributed by atoms with E-state index in [1.54, 1.807) is 49.4 Å². The van der Waals surface area contributed by atoms with Gasteiger partial charge in [-0.25, -0.2) is 4.79 Å². The van der Waals surface area contributed by atoms with E-state index in [9.17, 15) is 32.7 Å². The van der Waals surface area contributed by atoms with Crippen LogP contribution in [0.15, 0.2) is 89.8 Å². The maximum Gasteiger partial charge on any atom is 0.417 e. The van der Waals surface area contributed by atoms with Gasteiger partial charge in [-0.15, -0.1) is 11.3 Å². The Balaban J connectivity index is 1.93. The van der Waals surface area contributed by atoms with Crippen molar-refractivity contribution >= 4 is 34.9 Å². The average molecular weight is 636 g/mol. The van der Waals surface area contributed by atoms with Crippen molar-refractivity contribution in [2.45, 2.75) is 32.5 Å². The Morgan fingerprint density at radius 3 is 2.42 bits per heavy atom. The smallest absolute Gasteiger partial charge is 0.417 e. The van der Waals surface area contributed by atoms with E-state index in [4.69, 9.17) is 0 Å². The highest BCUT2D eigenvalue weighted by Crippen LogP contribution is 2.41. The molecule has 11 heteroatoms. The first-order chi connectivity index (χ1) is 21.4. The molecule has 0 bridgehead atoms. The summed E-state index contributed by atoms with van der Waals surface area (Å²) in [6.45, 7) is 7.38. The van der Waals surface area contributed by atoms with E-state index in [1.807, 2.05) is 24.4 Å². The molecule has 0 saturated carbocycles. The second kappa shape index (κ2) is 13.9. The van der Waals surface area contributed by atoms with Gasteiger partial charge in [-0.05, 0) is 66.1 Å². The van der Waals surface area contributed by atoms with E-state index in [0.29, 0.717) is 17.6 Å². The number of alkyl halides is 3. The molecule has 0 fully saturated rings. The number of nitrogens with zero attached hydrogens (tertiary/aromatic N) is 2. The van der Waals surface area contributed by atoms with Gasteiger partial charge in [0.25, 0.3) is 11.5 Å². The summed E-state index contributed by atoms with van der Waals surface area (Å²) in [6.07, 6.45) is 0.929. The van der Waals surface area contributed by atoms with Crippen molar-refractivity contribution in [3.8, 4) is 11.3 Å². The van der Waals surface area contributed by atoms with Gasteiger partial charge >= 0.3 is 12.1 Å². The van der Waals surface area contributed by atoms with Gasteiger partial charge in [0, 0.05) is 41.4 Å². The molecule has 1 aromatic carbocycles. The molecule has 3 heterocycles. The summed E-state index contributed by atoms with van der Waals surface area (Å²) in [6, 6.07) is 13.0. The zero-order valence-corrected chi connectivity index (χ0v) is 25.7. The first-order valence-corrected chi connectivity index (χ1v) is 14.9. The largest absolute Gasteiger partial charge is 0.480 e. The van der Waals surface area contributed by atoms with Crippen molar-refractivity contribution in [3.05, 3.63) is 123 Å². The monoisotopic (exact) mass is 635 g/mol. The number of amides is 1. The highest BCUT2D eigenvalue weighted by atomic mass is 32.1. The molecule has 0 aliphatic carbocycles. The predicted octanol–water partition coefficient (Wildman–Crippen LogP) is 6.95. The number of hydrogen-bond donors (Lipinski definition) is 2. The van der Waals surface area contributed by atoms with Gasteiger partial charge in [-0.1, -0.05) is 49.9 Å². The number of allylic oxidation sites excluding steroid dienone is 1. The molecule has 4 aromatic rings. The molecule has 0 radical (unpaired) electrons. The second-order valence-corrected chi connectivity index (χ2v) is 11.6.